The van der Waals surface area contributed by atoms with Crippen LogP contribution in [-0.4, -0.2) is 17.4 Å². The minimum absolute atomic E-state index is 0.0519. The maximum atomic E-state index is 12.2. The largest absolute Gasteiger partial charge is 0.355 e. The van der Waals surface area contributed by atoms with Crippen LogP contribution in [0, 0.1) is 17.3 Å². The zero-order valence-electron chi connectivity index (χ0n) is 11.6. The van der Waals surface area contributed by atoms with Gasteiger partial charge in [0, 0.05) is 18.9 Å². The number of amides is 1. The Balaban J connectivity index is 1.83. The standard InChI is InChI=1S/C15H18Cl2N2O/c1-15(2)11(8-12(16)17)13(15)14(20)19-7-5-10-4-3-6-18-9-10/h3-4,6,8-9,11,13H,5,7H2,1-2H3,(H,19,20). The summed E-state index contributed by atoms with van der Waals surface area (Å²) in [6, 6.07) is 3.89. The molecule has 0 aliphatic heterocycles. The average Bonchev–Trinajstić information content (AvgIpc) is 2.91. The van der Waals surface area contributed by atoms with Gasteiger partial charge in [0.25, 0.3) is 0 Å². The molecule has 1 heterocycles. The molecule has 1 aliphatic rings. The van der Waals surface area contributed by atoms with Crippen molar-refractivity contribution in [1.82, 2.24) is 10.3 Å². The van der Waals surface area contributed by atoms with Crippen molar-refractivity contribution < 1.29 is 4.79 Å². The first-order valence-electron chi connectivity index (χ1n) is 6.62. The highest BCUT2D eigenvalue weighted by Crippen LogP contribution is 2.59. The Morgan fingerprint density at radius 2 is 2.25 bits per heavy atom. The van der Waals surface area contributed by atoms with E-state index < -0.39 is 0 Å². The van der Waals surface area contributed by atoms with Gasteiger partial charge in [0.15, 0.2) is 0 Å². The molecule has 3 nitrogen and oxygen atoms in total. The molecule has 1 aromatic heterocycles. The summed E-state index contributed by atoms with van der Waals surface area (Å²) in [5, 5.41) is 2.97. The van der Waals surface area contributed by atoms with Crippen LogP contribution < -0.4 is 5.32 Å². The minimum Gasteiger partial charge on any atom is -0.355 e. The highest BCUT2D eigenvalue weighted by atomic mass is 35.5. The van der Waals surface area contributed by atoms with E-state index in [1.165, 1.54) is 0 Å². The van der Waals surface area contributed by atoms with E-state index in [1.807, 2.05) is 18.3 Å². The van der Waals surface area contributed by atoms with Gasteiger partial charge in [0.05, 0.1) is 5.92 Å². The van der Waals surface area contributed by atoms with Gasteiger partial charge in [-0.1, -0.05) is 43.1 Å². The van der Waals surface area contributed by atoms with E-state index in [4.69, 9.17) is 23.2 Å². The number of hydrogen-bond donors (Lipinski definition) is 1. The smallest absolute Gasteiger partial charge is 0.224 e. The van der Waals surface area contributed by atoms with E-state index >= 15 is 0 Å². The summed E-state index contributed by atoms with van der Waals surface area (Å²) in [4.78, 5) is 16.2. The summed E-state index contributed by atoms with van der Waals surface area (Å²) in [5.74, 6) is 0.129. The quantitative estimate of drug-likeness (QED) is 0.906. The molecular formula is C15H18Cl2N2O. The molecule has 2 rings (SSSR count). The number of carbonyl (C=O) groups is 1. The molecule has 108 valence electrons. The van der Waals surface area contributed by atoms with Crippen molar-refractivity contribution in [2.24, 2.45) is 17.3 Å². The van der Waals surface area contributed by atoms with Crippen LogP contribution in [0.15, 0.2) is 35.1 Å². The van der Waals surface area contributed by atoms with Gasteiger partial charge in [-0.15, -0.1) is 0 Å². The monoisotopic (exact) mass is 312 g/mol. The van der Waals surface area contributed by atoms with Crippen molar-refractivity contribution in [2.45, 2.75) is 20.3 Å². The number of hydrogen-bond acceptors (Lipinski definition) is 2. The molecule has 1 N–H and O–H groups in total. The molecule has 1 fully saturated rings. The summed E-state index contributed by atoms with van der Waals surface area (Å²) >= 11 is 11.4. The number of rotatable bonds is 5. The fourth-order valence-electron chi connectivity index (χ4n) is 2.61. The van der Waals surface area contributed by atoms with E-state index in [0.717, 1.165) is 12.0 Å². The van der Waals surface area contributed by atoms with Crippen molar-refractivity contribution in [3.05, 3.63) is 40.7 Å². The van der Waals surface area contributed by atoms with Crippen LogP contribution in [0.25, 0.3) is 0 Å². The Bertz CT molecular complexity index is 510. The van der Waals surface area contributed by atoms with Gasteiger partial charge in [0.2, 0.25) is 5.91 Å². The molecule has 2 unspecified atom stereocenters. The van der Waals surface area contributed by atoms with Crippen LogP contribution >= 0.6 is 23.2 Å². The number of carbonyl (C=O) groups excluding carboxylic acids is 1. The van der Waals surface area contributed by atoms with E-state index in [0.29, 0.717) is 6.54 Å². The molecule has 20 heavy (non-hydrogen) atoms. The zero-order valence-corrected chi connectivity index (χ0v) is 13.1. The minimum atomic E-state index is -0.0760. The van der Waals surface area contributed by atoms with Gasteiger partial charge in [-0.3, -0.25) is 9.78 Å². The molecule has 1 aromatic rings. The lowest BCUT2D eigenvalue weighted by Gasteiger charge is -2.06. The lowest BCUT2D eigenvalue weighted by Crippen LogP contribution is -2.28. The third-order valence-corrected chi connectivity index (χ3v) is 4.19. The summed E-state index contributed by atoms with van der Waals surface area (Å²) < 4.78 is 0.230. The lowest BCUT2D eigenvalue weighted by atomic mass is 10.1. The Morgan fingerprint density at radius 3 is 2.85 bits per heavy atom. The molecule has 5 heteroatoms. The number of aromatic nitrogens is 1. The summed E-state index contributed by atoms with van der Waals surface area (Å²) in [5.41, 5.74) is 1.04. The Morgan fingerprint density at radius 1 is 1.50 bits per heavy atom. The van der Waals surface area contributed by atoms with Crippen LogP contribution in [0.3, 0.4) is 0 Å². The van der Waals surface area contributed by atoms with Crippen molar-refractivity contribution >= 4 is 29.1 Å². The number of nitrogens with zero attached hydrogens (tertiary/aromatic N) is 1. The first kappa shape index (κ1) is 15.3. The second kappa shape index (κ2) is 6.15. The van der Waals surface area contributed by atoms with Crippen molar-refractivity contribution in [3.63, 3.8) is 0 Å². The number of pyridine rings is 1. The SMILES string of the molecule is CC1(C)C(C=C(Cl)Cl)C1C(=O)NCCc1cccnc1. The third kappa shape index (κ3) is 3.53. The average molecular weight is 313 g/mol. The molecule has 1 aliphatic carbocycles. The highest BCUT2D eigenvalue weighted by Gasteiger charge is 2.60. The molecule has 0 saturated heterocycles. The number of allylic oxidation sites excluding steroid dienone is 1. The Hall–Kier alpha value is -1.06. The van der Waals surface area contributed by atoms with E-state index in [2.05, 4.69) is 24.1 Å². The number of halogens is 2. The van der Waals surface area contributed by atoms with Gasteiger partial charge in [-0.05, 0) is 35.5 Å². The molecule has 0 aromatic carbocycles. The van der Waals surface area contributed by atoms with Crippen molar-refractivity contribution in [2.75, 3.05) is 6.54 Å². The van der Waals surface area contributed by atoms with Crippen molar-refractivity contribution in [3.8, 4) is 0 Å². The first-order chi connectivity index (χ1) is 9.43. The van der Waals surface area contributed by atoms with Gasteiger partial charge in [-0.25, -0.2) is 0 Å². The molecule has 1 saturated carbocycles. The summed E-state index contributed by atoms with van der Waals surface area (Å²) in [7, 11) is 0. The predicted molar refractivity (Wildman–Crippen MR) is 81.5 cm³/mol. The molecular weight excluding hydrogens is 295 g/mol. The Kier molecular flexibility index (Phi) is 4.71. The highest BCUT2D eigenvalue weighted by molar-refractivity contribution is 6.55. The number of nitrogens with one attached hydrogen (secondary N) is 1. The molecule has 0 spiro atoms. The molecule has 1 amide bonds. The Labute approximate surface area is 129 Å². The molecule has 2 atom stereocenters. The van der Waals surface area contributed by atoms with Crippen LogP contribution in [0.1, 0.15) is 19.4 Å². The fourth-order valence-corrected chi connectivity index (χ4v) is 2.88. The second-order valence-electron chi connectivity index (χ2n) is 5.68. The molecule has 0 bridgehead atoms. The van der Waals surface area contributed by atoms with Crippen LogP contribution in [0.4, 0.5) is 0 Å². The summed E-state index contributed by atoms with van der Waals surface area (Å²) in [6.45, 7) is 4.72. The predicted octanol–water partition coefficient (Wildman–Crippen LogP) is 3.33. The topological polar surface area (TPSA) is 42.0 Å². The van der Waals surface area contributed by atoms with Gasteiger partial charge >= 0.3 is 0 Å². The van der Waals surface area contributed by atoms with E-state index in [-0.39, 0.29) is 27.6 Å². The van der Waals surface area contributed by atoms with Gasteiger partial charge in [-0.2, -0.15) is 0 Å². The van der Waals surface area contributed by atoms with E-state index in [1.54, 1.807) is 12.3 Å². The zero-order chi connectivity index (χ0) is 14.8. The molecule has 0 radical (unpaired) electrons. The van der Waals surface area contributed by atoms with Crippen LogP contribution in [0.2, 0.25) is 0 Å². The lowest BCUT2D eigenvalue weighted by molar-refractivity contribution is -0.123. The van der Waals surface area contributed by atoms with Crippen molar-refractivity contribution in [1.29, 1.82) is 0 Å². The first-order valence-corrected chi connectivity index (χ1v) is 7.38. The second-order valence-corrected chi connectivity index (χ2v) is 6.69. The normalized spacial score (nSPS) is 23.0. The van der Waals surface area contributed by atoms with E-state index in [9.17, 15) is 4.79 Å². The third-order valence-electron chi connectivity index (χ3n) is 3.93. The van der Waals surface area contributed by atoms with Gasteiger partial charge in [0.1, 0.15) is 4.49 Å². The maximum Gasteiger partial charge on any atom is 0.224 e. The fraction of sp³-hybridized carbons (Fsp3) is 0.467. The maximum absolute atomic E-state index is 12.2. The van der Waals surface area contributed by atoms with Crippen LogP contribution in [-0.2, 0) is 11.2 Å². The van der Waals surface area contributed by atoms with Gasteiger partial charge < -0.3 is 5.32 Å². The van der Waals surface area contributed by atoms with Crippen LogP contribution in [0.5, 0.6) is 0 Å². The summed E-state index contributed by atoms with van der Waals surface area (Å²) in [6.07, 6.45) is 6.09.